The van der Waals surface area contributed by atoms with E-state index in [1.54, 1.807) is 17.0 Å². The van der Waals surface area contributed by atoms with Gasteiger partial charge in [-0.3, -0.25) is 4.90 Å². The molecule has 2 amide bonds. The lowest BCUT2D eigenvalue weighted by molar-refractivity contribution is 0.0697. The molecular weight excluding hydrogens is 268 g/mol. The van der Waals surface area contributed by atoms with Crippen molar-refractivity contribution in [2.45, 2.75) is 32.2 Å². The Morgan fingerprint density at radius 2 is 2.29 bits per heavy atom. The average molecular weight is 286 g/mol. The standard InChI is InChI=1S/C16H18N2O3/c1-3-5-13(4-2)17-16(21)18-9-8-11-10-12(15(19)20)6-7-14(11)18/h2,6-7,10,13H,3,5,8-9H2,1H3,(H,17,21)(H,19,20). The highest BCUT2D eigenvalue weighted by molar-refractivity contribution is 5.96. The highest BCUT2D eigenvalue weighted by Crippen LogP contribution is 2.29. The summed E-state index contributed by atoms with van der Waals surface area (Å²) < 4.78 is 0. The summed E-state index contributed by atoms with van der Waals surface area (Å²) in [6.07, 6.45) is 7.69. The number of hydrogen-bond acceptors (Lipinski definition) is 2. The largest absolute Gasteiger partial charge is 0.478 e. The fraction of sp³-hybridized carbons (Fsp3) is 0.375. The van der Waals surface area contributed by atoms with E-state index in [0.29, 0.717) is 13.0 Å². The molecule has 0 bridgehead atoms. The van der Waals surface area contributed by atoms with E-state index >= 15 is 0 Å². The molecule has 5 nitrogen and oxygen atoms in total. The van der Waals surface area contributed by atoms with E-state index < -0.39 is 5.97 Å². The van der Waals surface area contributed by atoms with Gasteiger partial charge in [0.05, 0.1) is 11.6 Å². The predicted molar refractivity (Wildman–Crippen MR) is 80.5 cm³/mol. The number of rotatable bonds is 4. The Morgan fingerprint density at radius 1 is 1.52 bits per heavy atom. The second kappa shape index (κ2) is 6.31. The molecule has 0 spiro atoms. The van der Waals surface area contributed by atoms with Crippen LogP contribution in [0.5, 0.6) is 0 Å². The van der Waals surface area contributed by atoms with Gasteiger partial charge in [-0.1, -0.05) is 19.3 Å². The third-order valence-electron chi connectivity index (χ3n) is 3.54. The van der Waals surface area contributed by atoms with Crippen LogP contribution in [0, 0.1) is 12.3 Å². The Bertz CT molecular complexity index is 604. The molecule has 2 N–H and O–H groups in total. The third kappa shape index (κ3) is 3.16. The van der Waals surface area contributed by atoms with Gasteiger partial charge in [0, 0.05) is 12.2 Å². The highest BCUT2D eigenvalue weighted by Gasteiger charge is 2.26. The van der Waals surface area contributed by atoms with Gasteiger partial charge in [-0.05, 0) is 36.6 Å². The van der Waals surface area contributed by atoms with Crippen LogP contribution in [0.2, 0.25) is 0 Å². The van der Waals surface area contributed by atoms with E-state index in [4.69, 9.17) is 11.5 Å². The molecule has 21 heavy (non-hydrogen) atoms. The van der Waals surface area contributed by atoms with Gasteiger partial charge in [-0.25, -0.2) is 9.59 Å². The minimum absolute atomic E-state index is 0.228. The van der Waals surface area contributed by atoms with Crippen molar-refractivity contribution in [3.8, 4) is 12.3 Å². The van der Waals surface area contributed by atoms with E-state index in [9.17, 15) is 9.59 Å². The zero-order valence-electron chi connectivity index (χ0n) is 11.9. The summed E-state index contributed by atoms with van der Waals surface area (Å²) in [4.78, 5) is 24.8. The predicted octanol–water partition coefficient (Wildman–Crippen LogP) is 2.26. The molecular formula is C16H18N2O3. The minimum atomic E-state index is -0.962. The van der Waals surface area contributed by atoms with Gasteiger partial charge in [0.1, 0.15) is 0 Å². The lowest BCUT2D eigenvalue weighted by Gasteiger charge is -2.21. The van der Waals surface area contributed by atoms with E-state index in [0.717, 1.165) is 24.1 Å². The molecule has 0 aliphatic carbocycles. The molecule has 1 heterocycles. The first kappa shape index (κ1) is 14.9. The van der Waals surface area contributed by atoms with Crippen LogP contribution in [0.3, 0.4) is 0 Å². The quantitative estimate of drug-likeness (QED) is 0.834. The van der Waals surface area contributed by atoms with Gasteiger partial charge in [0.2, 0.25) is 0 Å². The molecule has 1 aliphatic heterocycles. The molecule has 5 heteroatoms. The first-order chi connectivity index (χ1) is 10.1. The SMILES string of the molecule is C#CC(CCC)NC(=O)N1CCc2cc(C(=O)O)ccc21. The van der Waals surface area contributed by atoms with E-state index in [1.807, 2.05) is 6.92 Å². The van der Waals surface area contributed by atoms with Crippen molar-refractivity contribution in [2.24, 2.45) is 0 Å². The van der Waals surface area contributed by atoms with Gasteiger partial charge in [-0.15, -0.1) is 6.42 Å². The number of nitrogens with zero attached hydrogens (tertiary/aromatic N) is 1. The number of carbonyl (C=O) groups is 2. The minimum Gasteiger partial charge on any atom is -0.478 e. The Balaban J connectivity index is 2.13. The summed E-state index contributed by atoms with van der Waals surface area (Å²) in [5, 5.41) is 11.8. The van der Waals surface area contributed by atoms with Crippen molar-refractivity contribution in [1.29, 1.82) is 0 Å². The molecule has 0 saturated heterocycles. The number of terminal acetylenes is 1. The van der Waals surface area contributed by atoms with Crippen molar-refractivity contribution >= 4 is 17.7 Å². The van der Waals surface area contributed by atoms with Crippen molar-refractivity contribution < 1.29 is 14.7 Å². The van der Waals surface area contributed by atoms with Crippen LogP contribution in [0.25, 0.3) is 0 Å². The van der Waals surface area contributed by atoms with Crippen molar-refractivity contribution in [3.63, 3.8) is 0 Å². The van der Waals surface area contributed by atoms with Crippen molar-refractivity contribution in [3.05, 3.63) is 29.3 Å². The smallest absolute Gasteiger partial charge is 0.335 e. The van der Waals surface area contributed by atoms with Gasteiger partial charge in [-0.2, -0.15) is 0 Å². The number of carboxylic acid groups (broad SMARTS) is 1. The summed E-state index contributed by atoms with van der Waals surface area (Å²) in [5.41, 5.74) is 1.87. The average Bonchev–Trinajstić information content (AvgIpc) is 2.89. The van der Waals surface area contributed by atoms with Crippen LogP contribution in [-0.2, 0) is 6.42 Å². The Labute approximate surface area is 124 Å². The molecule has 0 saturated carbocycles. The van der Waals surface area contributed by atoms with Gasteiger partial charge in [0.15, 0.2) is 0 Å². The number of benzene rings is 1. The van der Waals surface area contributed by atoms with Crippen LogP contribution in [0.1, 0.15) is 35.7 Å². The van der Waals surface area contributed by atoms with Gasteiger partial charge < -0.3 is 10.4 Å². The summed E-state index contributed by atoms with van der Waals surface area (Å²) in [5.74, 6) is 1.61. The number of amides is 2. The first-order valence-electron chi connectivity index (χ1n) is 6.97. The number of carboxylic acids is 1. The molecule has 1 aromatic carbocycles. The lowest BCUT2D eigenvalue weighted by Crippen LogP contribution is -2.43. The monoisotopic (exact) mass is 286 g/mol. The Morgan fingerprint density at radius 3 is 2.90 bits per heavy atom. The van der Waals surface area contributed by atoms with Crippen molar-refractivity contribution in [2.75, 3.05) is 11.4 Å². The van der Waals surface area contributed by atoms with Crippen LogP contribution >= 0.6 is 0 Å². The third-order valence-corrected chi connectivity index (χ3v) is 3.54. The fourth-order valence-electron chi connectivity index (χ4n) is 2.46. The van der Waals surface area contributed by atoms with E-state index in [2.05, 4.69) is 11.2 Å². The number of fused-ring (bicyclic) bond motifs is 1. The number of nitrogens with one attached hydrogen (secondary N) is 1. The molecule has 110 valence electrons. The number of carbonyl (C=O) groups excluding carboxylic acids is 1. The Kier molecular flexibility index (Phi) is 4.49. The first-order valence-corrected chi connectivity index (χ1v) is 6.97. The summed E-state index contributed by atoms with van der Waals surface area (Å²) in [6, 6.07) is 4.31. The maximum atomic E-state index is 12.3. The second-order valence-electron chi connectivity index (χ2n) is 5.01. The summed E-state index contributed by atoms with van der Waals surface area (Å²) in [6.45, 7) is 2.54. The number of aromatic carboxylic acids is 1. The van der Waals surface area contributed by atoms with Gasteiger partial charge >= 0.3 is 12.0 Å². The highest BCUT2D eigenvalue weighted by atomic mass is 16.4. The number of urea groups is 1. The number of hydrogen-bond donors (Lipinski definition) is 2. The van der Waals surface area contributed by atoms with Crippen LogP contribution in [-0.4, -0.2) is 29.7 Å². The van der Waals surface area contributed by atoms with Crippen LogP contribution in [0.4, 0.5) is 10.5 Å². The second-order valence-corrected chi connectivity index (χ2v) is 5.01. The molecule has 1 aliphatic rings. The maximum absolute atomic E-state index is 12.3. The molecule has 2 rings (SSSR count). The summed E-state index contributed by atoms with van der Waals surface area (Å²) in [7, 11) is 0. The van der Waals surface area contributed by atoms with Crippen LogP contribution < -0.4 is 10.2 Å². The molecule has 1 aromatic rings. The van der Waals surface area contributed by atoms with Crippen molar-refractivity contribution in [1.82, 2.24) is 5.32 Å². The van der Waals surface area contributed by atoms with Gasteiger partial charge in [0.25, 0.3) is 0 Å². The molecule has 0 aromatic heterocycles. The molecule has 0 radical (unpaired) electrons. The van der Waals surface area contributed by atoms with E-state index in [-0.39, 0.29) is 17.6 Å². The fourth-order valence-corrected chi connectivity index (χ4v) is 2.46. The Hall–Kier alpha value is -2.48. The maximum Gasteiger partial charge on any atom is 0.335 e. The zero-order valence-corrected chi connectivity index (χ0v) is 11.9. The molecule has 1 atom stereocenters. The topological polar surface area (TPSA) is 69.6 Å². The van der Waals surface area contributed by atoms with Crippen LogP contribution in [0.15, 0.2) is 18.2 Å². The molecule has 0 fully saturated rings. The lowest BCUT2D eigenvalue weighted by atomic mass is 10.1. The summed E-state index contributed by atoms with van der Waals surface area (Å²) >= 11 is 0. The molecule has 1 unspecified atom stereocenters. The zero-order chi connectivity index (χ0) is 15.4. The normalized spacial score (nSPS) is 14.2. The number of anilines is 1. The van der Waals surface area contributed by atoms with E-state index in [1.165, 1.54) is 6.07 Å².